The van der Waals surface area contributed by atoms with Crippen LogP contribution in [-0.4, -0.2) is 37.9 Å². The Balaban J connectivity index is 4.31. The number of hydrogen-bond acceptors (Lipinski definition) is 5. The number of hydrogen-bond donors (Lipinski definition) is 0. The van der Waals surface area contributed by atoms with Gasteiger partial charge in [0.15, 0.2) is 0 Å². The van der Waals surface area contributed by atoms with E-state index < -0.39 is 6.10 Å². The van der Waals surface area contributed by atoms with Crippen molar-refractivity contribution in [1.82, 2.24) is 0 Å². The first-order valence-corrected chi connectivity index (χ1v) is 28.8. The smallest absolute Gasteiger partial charge is 0.305 e. The molecule has 0 spiro atoms. The first-order valence-electron chi connectivity index (χ1n) is 28.8. The molecule has 0 unspecified atom stereocenters. The van der Waals surface area contributed by atoms with Crippen molar-refractivity contribution in [3.05, 3.63) is 60.8 Å². The summed E-state index contributed by atoms with van der Waals surface area (Å²) in [5.41, 5.74) is 0. The highest BCUT2D eigenvalue weighted by Crippen LogP contribution is 2.16. The molecule has 0 aliphatic rings. The van der Waals surface area contributed by atoms with Crippen molar-refractivity contribution in [2.24, 2.45) is 0 Å². The van der Waals surface area contributed by atoms with E-state index in [2.05, 4.69) is 81.5 Å². The van der Waals surface area contributed by atoms with Crippen LogP contribution >= 0.6 is 0 Å². The Morgan fingerprint density at radius 1 is 0.333 bits per heavy atom. The van der Waals surface area contributed by atoms with Crippen LogP contribution in [-0.2, 0) is 23.8 Å². The highest BCUT2D eigenvalue weighted by Gasteiger charge is 2.16. The van der Waals surface area contributed by atoms with Gasteiger partial charge in [-0.05, 0) is 57.8 Å². The summed E-state index contributed by atoms with van der Waals surface area (Å²) in [5, 5.41) is 0. The standard InChI is InChI=1S/C61H110O5/c1-4-7-10-13-16-19-22-25-28-31-33-36-39-42-45-48-51-54-60(62)65-57-59(64-56-53-50-47-44-41-38-35-30-27-24-21-18-15-12-9-6-3)58-66-61(63)55-52-49-46-43-40-37-34-32-29-26-23-20-17-14-11-8-5-2/h7,10,16,19,25,28,33,36,42,45,59H,4-6,8-9,11-15,17-18,20-24,26-27,29-32,34-35,37-41,43-44,46-58H2,1-3H3/b10-7-,19-16-,28-25-,36-33-,45-42-/t59-/m1/s1. The van der Waals surface area contributed by atoms with Gasteiger partial charge in [0, 0.05) is 19.4 Å². The second-order valence-electron chi connectivity index (χ2n) is 19.2. The van der Waals surface area contributed by atoms with Gasteiger partial charge >= 0.3 is 11.9 Å². The van der Waals surface area contributed by atoms with Gasteiger partial charge < -0.3 is 14.2 Å². The number of allylic oxidation sites excluding steroid dienone is 10. The molecule has 0 radical (unpaired) electrons. The summed E-state index contributed by atoms with van der Waals surface area (Å²) >= 11 is 0. The third-order valence-corrected chi connectivity index (χ3v) is 12.6. The van der Waals surface area contributed by atoms with Crippen molar-refractivity contribution in [3.63, 3.8) is 0 Å². The number of ether oxygens (including phenoxy) is 3. The first kappa shape index (κ1) is 63.6. The van der Waals surface area contributed by atoms with Crippen molar-refractivity contribution >= 4 is 11.9 Å². The van der Waals surface area contributed by atoms with E-state index in [4.69, 9.17) is 14.2 Å². The molecular formula is C61H110O5. The summed E-state index contributed by atoms with van der Waals surface area (Å²) in [6, 6.07) is 0. The van der Waals surface area contributed by atoms with Gasteiger partial charge in [0.1, 0.15) is 19.3 Å². The first-order chi connectivity index (χ1) is 32.6. The van der Waals surface area contributed by atoms with Gasteiger partial charge in [-0.1, -0.05) is 281 Å². The molecule has 0 aliphatic heterocycles. The highest BCUT2D eigenvalue weighted by atomic mass is 16.6. The van der Waals surface area contributed by atoms with E-state index in [-0.39, 0.29) is 25.2 Å². The minimum absolute atomic E-state index is 0.131. The summed E-state index contributed by atoms with van der Waals surface area (Å²) in [5.74, 6) is -0.386. The summed E-state index contributed by atoms with van der Waals surface area (Å²) in [4.78, 5) is 25.3. The van der Waals surface area contributed by atoms with E-state index in [0.717, 1.165) is 70.6 Å². The Hall–Kier alpha value is -2.40. The predicted molar refractivity (Wildman–Crippen MR) is 288 cm³/mol. The number of rotatable bonds is 53. The van der Waals surface area contributed by atoms with Gasteiger partial charge in [0.05, 0.1) is 0 Å². The molecule has 0 amide bonds. The highest BCUT2D eigenvalue weighted by molar-refractivity contribution is 5.69. The monoisotopic (exact) mass is 923 g/mol. The van der Waals surface area contributed by atoms with E-state index in [0.29, 0.717) is 19.4 Å². The lowest BCUT2D eigenvalue weighted by molar-refractivity contribution is -0.155. The van der Waals surface area contributed by atoms with Crippen LogP contribution in [0.3, 0.4) is 0 Å². The fraction of sp³-hybridized carbons (Fsp3) is 0.803. The third-order valence-electron chi connectivity index (χ3n) is 12.6. The molecule has 384 valence electrons. The third kappa shape index (κ3) is 54.2. The van der Waals surface area contributed by atoms with Crippen molar-refractivity contribution in [1.29, 1.82) is 0 Å². The molecule has 0 bridgehead atoms. The van der Waals surface area contributed by atoms with Gasteiger partial charge in [0.25, 0.3) is 0 Å². The molecule has 0 aliphatic carbocycles. The quantitative estimate of drug-likeness (QED) is 0.0346. The molecule has 0 aromatic carbocycles. The summed E-state index contributed by atoms with van der Waals surface area (Å²) in [6.45, 7) is 7.60. The Labute approximate surface area is 411 Å². The zero-order valence-electron chi connectivity index (χ0n) is 44.2. The maximum Gasteiger partial charge on any atom is 0.305 e. The number of carbonyl (C=O) groups excluding carboxylic acids is 2. The molecule has 0 N–H and O–H groups in total. The summed E-state index contributed by atoms with van der Waals surface area (Å²) in [7, 11) is 0. The lowest BCUT2D eigenvalue weighted by Crippen LogP contribution is -2.29. The number of esters is 2. The van der Waals surface area contributed by atoms with Gasteiger partial charge in [-0.3, -0.25) is 9.59 Å². The Morgan fingerprint density at radius 2 is 0.621 bits per heavy atom. The minimum Gasteiger partial charge on any atom is -0.463 e. The maximum atomic E-state index is 12.7. The maximum absolute atomic E-state index is 12.7. The topological polar surface area (TPSA) is 61.8 Å². The molecule has 0 saturated carbocycles. The molecule has 0 aromatic heterocycles. The zero-order valence-corrected chi connectivity index (χ0v) is 44.2. The average molecular weight is 924 g/mol. The Bertz CT molecular complexity index is 1130. The number of unbranched alkanes of at least 4 members (excludes halogenated alkanes) is 32. The lowest BCUT2D eigenvalue weighted by Gasteiger charge is -2.18. The zero-order chi connectivity index (χ0) is 47.7. The molecule has 0 saturated heterocycles. The minimum atomic E-state index is -0.421. The molecule has 0 heterocycles. The van der Waals surface area contributed by atoms with E-state index in [1.54, 1.807) is 0 Å². The van der Waals surface area contributed by atoms with Crippen molar-refractivity contribution < 1.29 is 23.8 Å². The van der Waals surface area contributed by atoms with Gasteiger partial charge in [0.2, 0.25) is 0 Å². The van der Waals surface area contributed by atoms with Crippen molar-refractivity contribution in [3.8, 4) is 0 Å². The molecule has 5 heteroatoms. The Morgan fingerprint density at radius 3 is 0.970 bits per heavy atom. The van der Waals surface area contributed by atoms with Crippen LogP contribution in [0.4, 0.5) is 0 Å². The SMILES string of the molecule is CC/C=C\C/C=C\C/C=C\C/C=C\C/C=C\CCCC(=O)OC[C@H](COC(=O)CCCCCCCCCCCCCCCCCCC)OCCCCCCCCCCCCCCCCCC. The summed E-state index contributed by atoms with van der Waals surface area (Å²) < 4.78 is 17.5. The van der Waals surface area contributed by atoms with Crippen LogP contribution < -0.4 is 0 Å². The average Bonchev–Trinajstić information content (AvgIpc) is 3.32. The van der Waals surface area contributed by atoms with Gasteiger partial charge in [-0.25, -0.2) is 0 Å². The molecular weight excluding hydrogens is 813 g/mol. The second-order valence-corrected chi connectivity index (χ2v) is 19.2. The molecule has 5 nitrogen and oxygen atoms in total. The molecule has 66 heavy (non-hydrogen) atoms. The van der Waals surface area contributed by atoms with Crippen LogP contribution in [0.1, 0.15) is 290 Å². The molecule has 0 rings (SSSR count). The van der Waals surface area contributed by atoms with E-state index in [1.807, 2.05) is 0 Å². The van der Waals surface area contributed by atoms with Crippen LogP contribution in [0.15, 0.2) is 60.8 Å². The van der Waals surface area contributed by atoms with Crippen molar-refractivity contribution in [2.45, 2.75) is 297 Å². The Kier molecular flexibility index (Phi) is 54.9. The molecule has 1 atom stereocenters. The summed E-state index contributed by atoms with van der Waals surface area (Å²) in [6.07, 6.45) is 72.7. The number of carbonyl (C=O) groups is 2. The van der Waals surface area contributed by atoms with E-state index in [1.165, 1.54) is 186 Å². The van der Waals surface area contributed by atoms with Gasteiger partial charge in [-0.2, -0.15) is 0 Å². The lowest BCUT2D eigenvalue weighted by atomic mass is 10.0. The van der Waals surface area contributed by atoms with Crippen LogP contribution in [0.2, 0.25) is 0 Å². The van der Waals surface area contributed by atoms with Crippen molar-refractivity contribution in [2.75, 3.05) is 19.8 Å². The van der Waals surface area contributed by atoms with Crippen LogP contribution in [0.25, 0.3) is 0 Å². The largest absolute Gasteiger partial charge is 0.463 e. The van der Waals surface area contributed by atoms with E-state index in [9.17, 15) is 9.59 Å². The van der Waals surface area contributed by atoms with Crippen LogP contribution in [0, 0.1) is 0 Å². The fourth-order valence-electron chi connectivity index (χ4n) is 8.29. The predicted octanol–water partition coefficient (Wildman–Crippen LogP) is 19.7. The second kappa shape index (κ2) is 56.9. The van der Waals surface area contributed by atoms with Crippen LogP contribution in [0.5, 0.6) is 0 Å². The molecule has 0 fully saturated rings. The fourth-order valence-corrected chi connectivity index (χ4v) is 8.29. The molecule has 0 aromatic rings. The normalized spacial score (nSPS) is 12.6. The van der Waals surface area contributed by atoms with E-state index >= 15 is 0 Å². The van der Waals surface area contributed by atoms with Gasteiger partial charge in [-0.15, -0.1) is 0 Å².